The highest BCUT2D eigenvalue weighted by molar-refractivity contribution is 6.09. The number of amides is 4. The first-order valence-electron chi connectivity index (χ1n) is 9.52. The van der Waals surface area contributed by atoms with Crippen LogP contribution in [0.4, 0.5) is 4.79 Å². The van der Waals surface area contributed by atoms with Crippen molar-refractivity contribution in [3.8, 4) is 0 Å². The zero-order valence-corrected chi connectivity index (χ0v) is 17.2. The summed E-state index contributed by atoms with van der Waals surface area (Å²) < 4.78 is 0. The Morgan fingerprint density at radius 3 is 2.31 bits per heavy atom. The van der Waals surface area contributed by atoms with Gasteiger partial charge in [-0.15, -0.1) is 0 Å². The van der Waals surface area contributed by atoms with Crippen LogP contribution in [-0.4, -0.2) is 34.3 Å². The van der Waals surface area contributed by atoms with E-state index in [0.29, 0.717) is 12.1 Å². The van der Waals surface area contributed by atoms with Crippen LogP contribution >= 0.6 is 0 Å². The van der Waals surface area contributed by atoms with Crippen molar-refractivity contribution in [1.82, 2.24) is 20.5 Å². The lowest BCUT2D eigenvalue weighted by Gasteiger charge is -2.24. The third kappa shape index (κ3) is 4.29. The van der Waals surface area contributed by atoms with Gasteiger partial charge in [0.15, 0.2) is 0 Å². The first-order chi connectivity index (χ1) is 13.6. The Bertz CT molecular complexity index is 919. The smallest absolute Gasteiger partial charge is 0.325 e. The Hall–Kier alpha value is -3.22. The average molecular weight is 394 g/mol. The highest BCUT2D eigenvalue weighted by atomic mass is 16.2. The largest absolute Gasteiger partial charge is 0.350 e. The lowest BCUT2D eigenvalue weighted by molar-refractivity contribution is -0.134. The molecule has 3 rings (SSSR count). The van der Waals surface area contributed by atoms with E-state index in [-0.39, 0.29) is 12.0 Å². The van der Waals surface area contributed by atoms with E-state index >= 15 is 0 Å². The minimum atomic E-state index is -1.20. The van der Waals surface area contributed by atoms with Crippen molar-refractivity contribution in [1.29, 1.82) is 0 Å². The molecule has 0 saturated carbocycles. The SMILES string of the molecule is CC(C)(C)c1ccc(C2(C)NC(=O)N(CC(=O)NCc3ccncc3)C2=O)cc1. The molecule has 1 aliphatic heterocycles. The number of rotatable bonds is 5. The fraction of sp³-hybridized carbons (Fsp3) is 0.364. The average Bonchev–Trinajstić information content (AvgIpc) is 2.91. The summed E-state index contributed by atoms with van der Waals surface area (Å²) >= 11 is 0. The summed E-state index contributed by atoms with van der Waals surface area (Å²) in [7, 11) is 0. The maximum atomic E-state index is 13.0. The van der Waals surface area contributed by atoms with Crippen molar-refractivity contribution in [3.05, 3.63) is 65.5 Å². The summed E-state index contributed by atoms with van der Waals surface area (Å²) in [4.78, 5) is 42.5. The van der Waals surface area contributed by atoms with Gasteiger partial charge in [-0.3, -0.25) is 19.5 Å². The second kappa shape index (κ2) is 7.66. The molecule has 2 N–H and O–H groups in total. The Labute approximate surface area is 170 Å². The molecule has 2 heterocycles. The normalized spacial score (nSPS) is 19.2. The molecule has 7 heteroatoms. The zero-order valence-electron chi connectivity index (χ0n) is 17.2. The molecule has 1 atom stereocenters. The van der Waals surface area contributed by atoms with Gasteiger partial charge in [0.05, 0.1) is 0 Å². The van der Waals surface area contributed by atoms with E-state index in [1.54, 1.807) is 31.5 Å². The number of aromatic nitrogens is 1. The summed E-state index contributed by atoms with van der Waals surface area (Å²) in [5.41, 5.74) is 1.49. The second-order valence-corrected chi connectivity index (χ2v) is 8.41. The standard InChI is InChI=1S/C22H26N4O3/c1-21(2,3)16-5-7-17(8-6-16)22(4)19(28)26(20(29)25-22)14-18(27)24-13-15-9-11-23-12-10-15/h5-12H,13-14H2,1-4H3,(H,24,27)(H,25,29). The van der Waals surface area contributed by atoms with Crippen LogP contribution in [0.25, 0.3) is 0 Å². The van der Waals surface area contributed by atoms with Gasteiger partial charge < -0.3 is 10.6 Å². The van der Waals surface area contributed by atoms with Crippen LogP contribution in [0.1, 0.15) is 44.4 Å². The van der Waals surface area contributed by atoms with Gasteiger partial charge in [0, 0.05) is 18.9 Å². The van der Waals surface area contributed by atoms with E-state index in [1.807, 2.05) is 24.3 Å². The third-order valence-corrected chi connectivity index (χ3v) is 5.14. The van der Waals surface area contributed by atoms with Gasteiger partial charge in [-0.05, 0) is 41.2 Å². The molecule has 1 unspecified atom stereocenters. The zero-order chi connectivity index (χ0) is 21.2. The molecule has 1 aromatic carbocycles. The molecule has 1 saturated heterocycles. The van der Waals surface area contributed by atoms with Crippen LogP contribution in [0.3, 0.4) is 0 Å². The molecule has 1 fully saturated rings. The van der Waals surface area contributed by atoms with Crippen LogP contribution in [0.2, 0.25) is 0 Å². The quantitative estimate of drug-likeness (QED) is 0.762. The van der Waals surface area contributed by atoms with Crippen molar-refractivity contribution in [3.63, 3.8) is 0 Å². The molecule has 0 radical (unpaired) electrons. The molecule has 1 aliphatic rings. The van der Waals surface area contributed by atoms with Crippen molar-refractivity contribution in [2.45, 2.75) is 45.2 Å². The van der Waals surface area contributed by atoms with Crippen LogP contribution in [0, 0.1) is 0 Å². The molecule has 0 bridgehead atoms. The van der Waals surface area contributed by atoms with E-state index in [9.17, 15) is 14.4 Å². The van der Waals surface area contributed by atoms with Crippen molar-refractivity contribution < 1.29 is 14.4 Å². The Kier molecular flexibility index (Phi) is 5.42. The summed E-state index contributed by atoms with van der Waals surface area (Å²) in [6.07, 6.45) is 3.27. The first-order valence-corrected chi connectivity index (χ1v) is 9.52. The van der Waals surface area contributed by atoms with Gasteiger partial charge in [-0.2, -0.15) is 0 Å². The van der Waals surface area contributed by atoms with E-state index in [2.05, 4.69) is 36.4 Å². The molecule has 4 amide bonds. The molecular formula is C22H26N4O3. The molecular weight excluding hydrogens is 368 g/mol. The van der Waals surface area contributed by atoms with E-state index < -0.39 is 23.4 Å². The number of hydrogen-bond donors (Lipinski definition) is 2. The van der Waals surface area contributed by atoms with Crippen LogP contribution in [-0.2, 0) is 27.1 Å². The monoisotopic (exact) mass is 394 g/mol. The number of carbonyl (C=O) groups excluding carboxylic acids is 3. The van der Waals surface area contributed by atoms with Gasteiger partial charge >= 0.3 is 6.03 Å². The highest BCUT2D eigenvalue weighted by Gasteiger charge is 2.49. The summed E-state index contributed by atoms with van der Waals surface area (Å²) in [6, 6.07) is 10.6. The van der Waals surface area contributed by atoms with E-state index in [4.69, 9.17) is 0 Å². The van der Waals surface area contributed by atoms with Gasteiger partial charge in [-0.1, -0.05) is 45.0 Å². The number of nitrogens with zero attached hydrogens (tertiary/aromatic N) is 2. The number of nitrogens with one attached hydrogen (secondary N) is 2. The fourth-order valence-corrected chi connectivity index (χ4v) is 3.24. The highest BCUT2D eigenvalue weighted by Crippen LogP contribution is 2.31. The summed E-state index contributed by atoms with van der Waals surface area (Å²) in [5, 5.41) is 5.45. The number of urea groups is 1. The number of pyridine rings is 1. The van der Waals surface area contributed by atoms with E-state index in [1.165, 1.54) is 0 Å². The van der Waals surface area contributed by atoms with Gasteiger partial charge in [0.2, 0.25) is 5.91 Å². The Balaban J connectivity index is 1.69. The minimum absolute atomic E-state index is 0.0126. The molecule has 2 aromatic rings. The molecule has 152 valence electrons. The van der Waals surface area contributed by atoms with Crippen molar-refractivity contribution in [2.75, 3.05) is 6.54 Å². The first kappa shape index (κ1) is 20.5. The lowest BCUT2D eigenvalue weighted by atomic mass is 9.84. The molecule has 1 aromatic heterocycles. The predicted octanol–water partition coefficient (Wildman–Crippen LogP) is 2.46. The molecule has 0 spiro atoms. The van der Waals surface area contributed by atoms with E-state index in [0.717, 1.165) is 16.0 Å². The third-order valence-electron chi connectivity index (χ3n) is 5.14. The Morgan fingerprint density at radius 2 is 1.72 bits per heavy atom. The van der Waals surface area contributed by atoms with Crippen LogP contribution in [0.15, 0.2) is 48.8 Å². The molecule has 29 heavy (non-hydrogen) atoms. The second-order valence-electron chi connectivity index (χ2n) is 8.41. The summed E-state index contributed by atoms with van der Waals surface area (Å²) in [6.45, 7) is 7.96. The maximum Gasteiger partial charge on any atom is 0.325 e. The van der Waals surface area contributed by atoms with Gasteiger partial charge in [0.1, 0.15) is 12.1 Å². The number of imide groups is 1. The van der Waals surface area contributed by atoms with Crippen molar-refractivity contribution >= 4 is 17.8 Å². The maximum absolute atomic E-state index is 13.0. The summed E-state index contributed by atoms with van der Waals surface area (Å²) in [5.74, 6) is -0.845. The van der Waals surface area contributed by atoms with Crippen molar-refractivity contribution in [2.24, 2.45) is 0 Å². The van der Waals surface area contributed by atoms with Crippen LogP contribution < -0.4 is 10.6 Å². The van der Waals surface area contributed by atoms with Crippen LogP contribution in [0.5, 0.6) is 0 Å². The lowest BCUT2D eigenvalue weighted by Crippen LogP contribution is -2.43. The number of benzene rings is 1. The molecule has 7 nitrogen and oxygen atoms in total. The predicted molar refractivity (Wildman–Crippen MR) is 109 cm³/mol. The molecule has 0 aliphatic carbocycles. The minimum Gasteiger partial charge on any atom is -0.350 e. The van der Waals surface area contributed by atoms with Gasteiger partial charge in [0.25, 0.3) is 5.91 Å². The fourth-order valence-electron chi connectivity index (χ4n) is 3.24. The Morgan fingerprint density at radius 1 is 1.10 bits per heavy atom. The number of carbonyl (C=O) groups is 3. The topological polar surface area (TPSA) is 91.4 Å². The number of hydrogen-bond acceptors (Lipinski definition) is 4. The van der Waals surface area contributed by atoms with Gasteiger partial charge in [-0.25, -0.2) is 4.79 Å².